The van der Waals surface area contributed by atoms with Crippen molar-refractivity contribution in [3.8, 4) is 0 Å². The third kappa shape index (κ3) is 4.39. The number of hydrogen-bond donors (Lipinski definition) is 3. The Bertz CT molecular complexity index is 889. The molecule has 3 N–H and O–H groups in total. The van der Waals surface area contributed by atoms with Crippen LogP contribution in [0.15, 0.2) is 30.6 Å². The Morgan fingerprint density at radius 1 is 1.36 bits per heavy atom. The monoisotopic (exact) mass is 391 g/mol. The summed E-state index contributed by atoms with van der Waals surface area (Å²) in [6.07, 6.45) is 4.50. The average molecular weight is 391 g/mol. The van der Waals surface area contributed by atoms with E-state index in [0.717, 1.165) is 12.8 Å². The van der Waals surface area contributed by atoms with E-state index in [1.165, 1.54) is 30.6 Å². The van der Waals surface area contributed by atoms with Crippen molar-refractivity contribution in [2.24, 2.45) is 5.92 Å². The fourth-order valence-electron chi connectivity index (χ4n) is 2.52. The van der Waals surface area contributed by atoms with Gasteiger partial charge in [0.2, 0.25) is 5.91 Å². The highest BCUT2D eigenvalue weighted by atomic mass is 19.3. The van der Waals surface area contributed by atoms with Gasteiger partial charge < -0.3 is 10.6 Å². The van der Waals surface area contributed by atoms with Crippen molar-refractivity contribution in [1.29, 1.82) is 0 Å². The summed E-state index contributed by atoms with van der Waals surface area (Å²) in [5, 5.41) is 14.8. The summed E-state index contributed by atoms with van der Waals surface area (Å²) in [4.78, 5) is 32.3. The van der Waals surface area contributed by atoms with Crippen molar-refractivity contribution >= 4 is 34.7 Å². The van der Waals surface area contributed by atoms with Crippen LogP contribution < -0.4 is 15.7 Å². The number of hydroxylamine groups is 1. The lowest BCUT2D eigenvalue weighted by atomic mass is 10.1. The Hall–Kier alpha value is -3.14. The minimum absolute atomic E-state index is 0.0356. The van der Waals surface area contributed by atoms with Crippen molar-refractivity contribution < 1.29 is 23.6 Å². The smallest absolute Gasteiger partial charge is 0.336 e. The lowest BCUT2D eigenvalue weighted by Gasteiger charge is -2.20. The molecule has 2 heterocycles. The maximum absolute atomic E-state index is 12.9. The molecular weight excluding hydrogens is 372 g/mol. The van der Waals surface area contributed by atoms with Gasteiger partial charge in [-0.3, -0.25) is 14.8 Å². The van der Waals surface area contributed by atoms with Crippen LogP contribution in [-0.2, 0) is 4.79 Å². The third-order valence-corrected chi connectivity index (χ3v) is 4.20. The van der Waals surface area contributed by atoms with Crippen molar-refractivity contribution in [2.45, 2.75) is 32.7 Å². The van der Waals surface area contributed by atoms with E-state index in [9.17, 15) is 23.6 Å². The Morgan fingerprint density at radius 2 is 2.11 bits per heavy atom. The van der Waals surface area contributed by atoms with Crippen LogP contribution in [0.3, 0.4) is 0 Å². The maximum Gasteiger partial charge on any atom is 0.336 e. The van der Waals surface area contributed by atoms with Crippen LogP contribution in [0.1, 0.15) is 36.5 Å². The predicted molar refractivity (Wildman–Crippen MR) is 98.0 cm³/mol. The van der Waals surface area contributed by atoms with Crippen LogP contribution >= 0.6 is 0 Å². The first-order valence-electron chi connectivity index (χ1n) is 8.73. The lowest BCUT2D eigenvalue weighted by molar-refractivity contribution is -0.117. The Labute approximate surface area is 159 Å². The zero-order chi connectivity index (χ0) is 20.3. The van der Waals surface area contributed by atoms with Gasteiger partial charge in [0.1, 0.15) is 11.5 Å². The summed E-state index contributed by atoms with van der Waals surface area (Å²) in [6.45, 7) is -1.49. The molecule has 0 atom stereocenters. The number of ketones is 1. The van der Waals surface area contributed by atoms with E-state index in [2.05, 4.69) is 20.6 Å². The van der Waals surface area contributed by atoms with Crippen molar-refractivity contribution in [2.75, 3.05) is 15.7 Å². The van der Waals surface area contributed by atoms with Gasteiger partial charge in [-0.15, -0.1) is 0 Å². The van der Waals surface area contributed by atoms with Crippen LogP contribution in [-0.4, -0.2) is 33.4 Å². The molecule has 148 valence electrons. The number of carbonyl (C=O) groups excluding carboxylic acids is 2. The molecule has 0 bridgehead atoms. The van der Waals surface area contributed by atoms with Crippen LogP contribution in [0.5, 0.6) is 0 Å². The number of nitrogens with zero attached hydrogens (tertiary/aromatic N) is 3. The molecule has 1 aliphatic carbocycles. The number of Topliss-reactive ketones (excluding diaryl/α,β-unsaturated/α-hetero) is 1. The molecule has 0 aromatic carbocycles. The first-order chi connectivity index (χ1) is 13.4. The molecule has 0 saturated heterocycles. The second kappa shape index (κ2) is 8.26. The van der Waals surface area contributed by atoms with Gasteiger partial charge in [0.15, 0.2) is 11.6 Å². The minimum atomic E-state index is -3.16. The van der Waals surface area contributed by atoms with E-state index < -0.39 is 6.55 Å². The summed E-state index contributed by atoms with van der Waals surface area (Å²) in [5.41, 5.74) is 0.174. The number of alkyl halides is 2. The molecule has 3 rings (SSSR count). The summed E-state index contributed by atoms with van der Waals surface area (Å²) < 4.78 is 25.8. The number of aromatic nitrogens is 2. The van der Waals surface area contributed by atoms with Gasteiger partial charge in [-0.1, -0.05) is 6.92 Å². The van der Waals surface area contributed by atoms with E-state index in [1.54, 1.807) is 6.92 Å². The fourth-order valence-corrected chi connectivity index (χ4v) is 2.52. The van der Waals surface area contributed by atoms with Crippen LogP contribution in [0.4, 0.5) is 31.8 Å². The highest BCUT2D eigenvalue weighted by Gasteiger charge is 2.30. The summed E-state index contributed by atoms with van der Waals surface area (Å²) in [7, 11) is 0. The maximum atomic E-state index is 12.9. The van der Waals surface area contributed by atoms with Crippen molar-refractivity contribution in [1.82, 2.24) is 9.97 Å². The number of pyridine rings is 2. The molecule has 0 aliphatic heterocycles. The molecule has 0 spiro atoms. The van der Waals surface area contributed by atoms with Crippen molar-refractivity contribution in [3.63, 3.8) is 0 Å². The van der Waals surface area contributed by atoms with Crippen LogP contribution in [0.2, 0.25) is 0 Å². The van der Waals surface area contributed by atoms with Gasteiger partial charge in [0, 0.05) is 30.8 Å². The molecule has 0 radical (unpaired) electrons. The third-order valence-electron chi connectivity index (χ3n) is 4.20. The largest absolute Gasteiger partial charge is 0.338 e. The van der Waals surface area contributed by atoms with Crippen LogP contribution in [0.25, 0.3) is 0 Å². The molecule has 1 aliphatic rings. The highest BCUT2D eigenvalue weighted by Crippen LogP contribution is 2.32. The average Bonchev–Trinajstić information content (AvgIpc) is 3.53. The van der Waals surface area contributed by atoms with Crippen molar-refractivity contribution in [3.05, 3.63) is 36.2 Å². The zero-order valence-corrected chi connectivity index (χ0v) is 15.0. The Balaban J connectivity index is 1.95. The van der Waals surface area contributed by atoms with E-state index in [4.69, 9.17) is 0 Å². The number of carbonyl (C=O) groups is 2. The van der Waals surface area contributed by atoms with Gasteiger partial charge in [-0.05, 0) is 25.0 Å². The molecule has 0 unspecified atom stereocenters. The normalized spacial score (nSPS) is 13.3. The number of rotatable bonds is 8. The molecule has 28 heavy (non-hydrogen) atoms. The Morgan fingerprint density at radius 3 is 2.75 bits per heavy atom. The highest BCUT2D eigenvalue weighted by molar-refractivity contribution is 6.02. The molecule has 1 saturated carbocycles. The SMILES string of the molecule is CCC(=O)c1cnc(NC(=O)C2CC2)cc1Nc1ncccc1N(O)C(F)F. The second-order valence-corrected chi connectivity index (χ2v) is 6.27. The molecule has 10 heteroatoms. The summed E-state index contributed by atoms with van der Waals surface area (Å²) >= 11 is 0. The number of amides is 1. The molecule has 2 aromatic heterocycles. The summed E-state index contributed by atoms with van der Waals surface area (Å²) in [5.74, 6) is -0.292. The Kier molecular flexibility index (Phi) is 5.78. The minimum Gasteiger partial charge on any atom is -0.338 e. The second-order valence-electron chi connectivity index (χ2n) is 6.27. The number of nitrogens with one attached hydrogen (secondary N) is 2. The standard InChI is InChI=1S/C18H19F2N5O3/c1-2-14(26)11-9-22-15(24-17(27)10-5-6-10)8-12(11)23-16-13(4-3-7-21-16)25(28)18(19)20/h3-4,7-10,18,28H,2,5-6H2,1H3,(H2,21,22,23,24,27). The van der Waals surface area contributed by atoms with E-state index in [1.807, 2.05) is 0 Å². The van der Waals surface area contributed by atoms with Gasteiger partial charge in [0.25, 0.3) is 0 Å². The molecule has 1 fully saturated rings. The topological polar surface area (TPSA) is 107 Å². The number of hydrogen-bond acceptors (Lipinski definition) is 7. The quantitative estimate of drug-likeness (QED) is 0.359. The first kappa shape index (κ1) is 19.6. The first-order valence-corrected chi connectivity index (χ1v) is 8.73. The lowest BCUT2D eigenvalue weighted by Crippen LogP contribution is -2.25. The van der Waals surface area contributed by atoms with E-state index in [-0.39, 0.29) is 57.7 Å². The van der Waals surface area contributed by atoms with Crippen LogP contribution in [0, 0.1) is 5.92 Å². The molecule has 8 nitrogen and oxygen atoms in total. The number of anilines is 4. The molecular formula is C18H19F2N5O3. The van der Waals surface area contributed by atoms with E-state index >= 15 is 0 Å². The summed E-state index contributed by atoms with van der Waals surface area (Å²) in [6, 6.07) is 4.07. The zero-order valence-electron chi connectivity index (χ0n) is 15.0. The van der Waals surface area contributed by atoms with Gasteiger partial charge in [-0.2, -0.15) is 13.8 Å². The fraction of sp³-hybridized carbons (Fsp3) is 0.333. The molecule has 1 amide bonds. The van der Waals surface area contributed by atoms with E-state index in [0.29, 0.717) is 0 Å². The van der Waals surface area contributed by atoms with Gasteiger partial charge >= 0.3 is 6.55 Å². The van der Waals surface area contributed by atoms with Gasteiger partial charge in [0.05, 0.1) is 11.3 Å². The molecule has 2 aromatic rings. The number of halogens is 2. The predicted octanol–water partition coefficient (Wildman–Crippen LogP) is 3.58. The van der Waals surface area contributed by atoms with Gasteiger partial charge in [-0.25, -0.2) is 9.97 Å².